The highest BCUT2D eigenvalue weighted by atomic mass is 16.4. The Morgan fingerprint density at radius 2 is 2.16 bits per heavy atom. The largest absolute Gasteiger partial charge is 0.475 e. The summed E-state index contributed by atoms with van der Waals surface area (Å²) in [7, 11) is -1.69. The highest BCUT2D eigenvalue weighted by molar-refractivity contribution is 6.43. The zero-order valence-electron chi connectivity index (χ0n) is 14.7. The van der Waals surface area contributed by atoms with Gasteiger partial charge in [0.1, 0.15) is 6.04 Å². The number of hydrogen-bond donors (Lipinski definition) is 3. The molecule has 3 N–H and O–H groups in total. The lowest BCUT2D eigenvalue weighted by Gasteiger charge is -2.26. The van der Waals surface area contributed by atoms with E-state index in [0.717, 1.165) is 23.1 Å². The van der Waals surface area contributed by atoms with Gasteiger partial charge in [0.15, 0.2) is 0 Å². The van der Waals surface area contributed by atoms with Crippen molar-refractivity contribution >= 4 is 18.9 Å². The number of hydrogen-bond acceptors (Lipinski definition) is 4. The Labute approximate surface area is 148 Å². The second kappa shape index (κ2) is 8.31. The minimum Gasteiger partial charge on any atom is -0.426 e. The van der Waals surface area contributed by atoms with Crippen LogP contribution in [0.15, 0.2) is 30.9 Å². The van der Waals surface area contributed by atoms with E-state index < -0.39 is 19.1 Å². The van der Waals surface area contributed by atoms with Crippen molar-refractivity contribution in [3.8, 4) is 0 Å². The first-order valence-electron chi connectivity index (χ1n) is 8.49. The summed E-state index contributed by atoms with van der Waals surface area (Å²) < 4.78 is 0. The molecule has 25 heavy (non-hydrogen) atoms. The monoisotopic (exact) mass is 344 g/mol. The Kier molecular flexibility index (Phi) is 6.39. The first-order valence-corrected chi connectivity index (χ1v) is 8.49. The van der Waals surface area contributed by atoms with Crippen LogP contribution >= 0.6 is 0 Å². The topological polar surface area (TPSA) is 89.9 Å². The van der Waals surface area contributed by atoms with Gasteiger partial charge < -0.3 is 20.3 Å². The van der Waals surface area contributed by atoms with Crippen molar-refractivity contribution in [2.75, 3.05) is 6.54 Å². The van der Waals surface area contributed by atoms with Gasteiger partial charge in [-0.2, -0.15) is 0 Å². The molecule has 0 aromatic heterocycles. The Balaban J connectivity index is 2.09. The second-order valence-corrected chi connectivity index (χ2v) is 6.56. The van der Waals surface area contributed by atoms with Crippen molar-refractivity contribution in [1.29, 1.82) is 0 Å². The van der Waals surface area contributed by atoms with Crippen molar-refractivity contribution in [3.63, 3.8) is 0 Å². The third kappa shape index (κ3) is 4.71. The van der Waals surface area contributed by atoms with Crippen LogP contribution in [0.5, 0.6) is 0 Å². The zero-order valence-corrected chi connectivity index (χ0v) is 14.7. The first kappa shape index (κ1) is 19.2. The average molecular weight is 344 g/mol. The average Bonchev–Trinajstić information content (AvgIpc) is 3.05. The molecular weight excluding hydrogens is 319 g/mol. The van der Waals surface area contributed by atoms with Gasteiger partial charge in [0.25, 0.3) is 0 Å². The van der Waals surface area contributed by atoms with Gasteiger partial charge in [0.05, 0.1) is 5.94 Å². The quantitative estimate of drug-likeness (QED) is 0.518. The molecule has 1 aromatic carbocycles. The van der Waals surface area contributed by atoms with Crippen LogP contribution in [0.4, 0.5) is 0 Å². The van der Waals surface area contributed by atoms with Gasteiger partial charge in [-0.15, -0.1) is 0 Å². The Hall–Kier alpha value is -2.12. The van der Waals surface area contributed by atoms with Crippen molar-refractivity contribution in [1.82, 2.24) is 10.2 Å². The van der Waals surface area contributed by atoms with E-state index in [4.69, 9.17) is 0 Å². The highest BCUT2D eigenvalue weighted by Gasteiger charge is 2.35. The lowest BCUT2D eigenvalue weighted by atomic mass is 9.75. The fourth-order valence-electron chi connectivity index (χ4n) is 3.24. The molecule has 0 saturated carbocycles. The van der Waals surface area contributed by atoms with Crippen molar-refractivity contribution in [3.05, 3.63) is 47.5 Å². The molecule has 1 aliphatic rings. The number of carbonyl (C=O) groups excluding carboxylic acids is 2. The molecule has 1 saturated heterocycles. The molecule has 0 aliphatic carbocycles. The Morgan fingerprint density at radius 3 is 2.76 bits per heavy atom. The molecule has 2 rings (SSSR count). The van der Waals surface area contributed by atoms with E-state index in [0.29, 0.717) is 19.4 Å². The molecule has 1 unspecified atom stereocenters. The van der Waals surface area contributed by atoms with E-state index in [1.807, 2.05) is 32.0 Å². The molecule has 0 spiro atoms. The molecule has 7 heteroatoms. The number of aryl methyl sites for hydroxylation is 2. The predicted octanol–water partition coefficient (Wildman–Crippen LogP) is 0.520. The molecule has 6 nitrogen and oxygen atoms in total. The molecule has 0 radical (unpaired) electrons. The third-order valence-corrected chi connectivity index (χ3v) is 4.64. The zero-order chi connectivity index (χ0) is 18.6. The van der Waals surface area contributed by atoms with Crippen LogP contribution in [-0.2, 0) is 16.0 Å². The van der Waals surface area contributed by atoms with E-state index in [1.165, 1.54) is 11.0 Å². The molecule has 2 amide bonds. The smallest absolute Gasteiger partial charge is 0.426 e. The van der Waals surface area contributed by atoms with Crippen LogP contribution in [-0.4, -0.2) is 52.4 Å². The summed E-state index contributed by atoms with van der Waals surface area (Å²) in [6, 6.07) is 5.30. The summed E-state index contributed by atoms with van der Waals surface area (Å²) in [6.07, 6.45) is 2.79. The maximum absolute atomic E-state index is 12.6. The normalized spacial score (nSPS) is 17.9. The third-order valence-electron chi connectivity index (χ3n) is 4.64. The number of carbonyl (C=O) groups is 2. The van der Waals surface area contributed by atoms with Gasteiger partial charge in [-0.3, -0.25) is 9.59 Å². The lowest BCUT2D eigenvalue weighted by molar-refractivity contribution is -0.135. The number of amides is 2. The van der Waals surface area contributed by atoms with Gasteiger partial charge in [0.2, 0.25) is 11.8 Å². The molecule has 0 bridgehead atoms. The number of rotatable bonds is 6. The maximum Gasteiger partial charge on any atom is 0.475 e. The number of likely N-dealkylation sites (tertiary alicyclic amines) is 1. The van der Waals surface area contributed by atoms with Crippen LogP contribution in [0, 0.1) is 13.8 Å². The van der Waals surface area contributed by atoms with Gasteiger partial charge in [-0.05, 0) is 50.3 Å². The van der Waals surface area contributed by atoms with Gasteiger partial charge in [-0.1, -0.05) is 30.3 Å². The van der Waals surface area contributed by atoms with Crippen LogP contribution in [0.25, 0.3) is 0 Å². The van der Waals surface area contributed by atoms with Crippen LogP contribution < -0.4 is 5.32 Å². The Morgan fingerprint density at radius 1 is 1.44 bits per heavy atom. The van der Waals surface area contributed by atoms with E-state index in [9.17, 15) is 19.6 Å². The van der Waals surface area contributed by atoms with Crippen molar-refractivity contribution in [2.24, 2.45) is 0 Å². The van der Waals surface area contributed by atoms with Gasteiger partial charge in [-0.25, -0.2) is 0 Å². The highest BCUT2D eigenvalue weighted by Crippen LogP contribution is 2.19. The van der Waals surface area contributed by atoms with E-state index in [-0.39, 0.29) is 11.8 Å². The maximum atomic E-state index is 12.6. The number of nitrogens with zero attached hydrogens (tertiary/aromatic N) is 1. The van der Waals surface area contributed by atoms with Crippen molar-refractivity contribution in [2.45, 2.75) is 45.1 Å². The van der Waals surface area contributed by atoms with E-state index in [1.54, 1.807) is 0 Å². The molecule has 1 aromatic rings. The van der Waals surface area contributed by atoms with Gasteiger partial charge >= 0.3 is 7.12 Å². The lowest BCUT2D eigenvalue weighted by Crippen LogP contribution is -2.54. The summed E-state index contributed by atoms with van der Waals surface area (Å²) in [5, 5.41) is 22.0. The summed E-state index contributed by atoms with van der Waals surface area (Å²) in [6.45, 7) is 7.90. The fraction of sp³-hybridized carbons (Fsp3) is 0.444. The summed E-state index contributed by atoms with van der Waals surface area (Å²) in [5.74, 6) is -1.49. The number of nitrogens with one attached hydrogen (secondary N) is 1. The summed E-state index contributed by atoms with van der Waals surface area (Å²) in [5.41, 5.74) is 3.09. The summed E-state index contributed by atoms with van der Waals surface area (Å²) in [4.78, 5) is 25.9. The van der Waals surface area contributed by atoms with Gasteiger partial charge in [0, 0.05) is 6.54 Å². The van der Waals surface area contributed by atoms with Crippen molar-refractivity contribution < 1.29 is 19.6 Å². The first-order chi connectivity index (χ1) is 11.8. The molecule has 2 atom stereocenters. The Bertz CT molecular complexity index is 662. The minimum absolute atomic E-state index is 0.284. The number of benzene rings is 1. The molecule has 1 aliphatic heterocycles. The molecular formula is C18H25BN2O4. The minimum atomic E-state index is -1.69. The molecule has 134 valence electrons. The molecule has 1 heterocycles. The van der Waals surface area contributed by atoms with E-state index in [2.05, 4.69) is 11.9 Å². The predicted molar refractivity (Wildman–Crippen MR) is 96.7 cm³/mol. The van der Waals surface area contributed by atoms with Crippen LogP contribution in [0.3, 0.4) is 0 Å². The second-order valence-electron chi connectivity index (χ2n) is 6.56. The molecule has 1 fully saturated rings. The standard InChI is InChI=1S/C18H25BN2O4/c1-4-17(22)21-9-5-6-15(21)18(23)20-16(19(24)25)11-14-8-7-12(2)10-13(14)3/h4,7-8,10,15-16,24-25H,1,5-6,9,11H2,2-3H3,(H,20,23)/t15-,16?/m0/s1. The van der Waals surface area contributed by atoms with Crippen LogP contribution in [0.1, 0.15) is 29.5 Å². The van der Waals surface area contributed by atoms with Crippen LogP contribution in [0.2, 0.25) is 0 Å². The fourth-order valence-corrected chi connectivity index (χ4v) is 3.24. The SMILES string of the molecule is C=CC(=O)N1CCC[C@H]1C(=O)NC(Cc1ccc(C)cc1C)B(O)O. The van der Waals surface area contributed by atoms with E-state index >= 15 is 0 Å². The summed E-state index contributed by atoms with van der Waals surface area (Å²) >= 11 is 0.